The Labute approximate surface area is 187 Å². The third-order valence-corrected chi connectivity index (χ3v) is 5.49. The number of nitro groups is 1. The number of rotatable bonds is 10. The van der Waals surface area contributed by atoms with Crippen molar-refractivity contribution in [3.8, 4) is 0 Å². The van der Waals surface area contributed by atoms with Crippen molar-refractivity contribution in [2.75, 3.05) is 11.1 Å². The Balaban J connectivity index is 2.05. The second kappa shape index (κ2) is 11.5. The van der Waals surface area contributed by atoms with Gasteiger partial charge in [-0.3, -0.25) is 19.7 Å². The highest BCUT2D eigenvalue weighted by Crippen LogP contribution is 2.31. The molecule has 7 nitrogen and oxygen atoms in total. The molecule has 0 aliphatic rings. The van der Waals surface area contributed by atoms with E-state index in [4.69, 9.17) is 0 Å². The van der Waals surface area contributed by atoms with E-state index < -0.39 is 10.8 Å². The van der Waals surface area contributed by atoms with E-state index in [1.165, 1.54) is 17.8 Å². The summed E-state index contributed by atoms with van der Waals surface area (Å²) in [6.07, 6.45) is 1.22. The van der Waals surface area contributed by atoms with Gasteiger partial charge in [-0.15, -0.1) is 11.8 Å². The Bertz CT molecular complexity index is 927. The van der Waals surface area contributed by atoms with Gasteiger partial charge in [0, 0.05) is 23.4 Å². The predicted octanol–water partition coefficient (Wildman–Crippen LogP) is 5.05. The topological polar surface area (TPSA) is 101 Å². The molecule has 166 valence electrons. The maximum atomic E-state index is 12.6. The number of anilines is 1. The number of nitro benzene ring substituents is 1. The number of nitrogens with zero attached hydrogens (tertiary/aromatic N) is 1. The van der Waals surface area contributed by atoms with Gasteiger partial charge >= 0.3 is 0 Å². The van der Waals surface area contributed by atoms with Gasteiger partial charge in [0.25, 0.3) is 11.6 Å². The van der Waals surface area contributed by atoms with Crippen LogP contribution in [0.3, 0.4) is 0 Å². The quantitative estimate of drug-likeness (QED) is 0.304. The van der Waals surface area contributed by atoms with Crippen LogP contribution < -0.4 is 10.6 Å². The van der Waals surface area contributed by atoms with Gasteiger partial charge in [-0.25, -0.2) is 0 Å². The van der Waals surface area contributed by atoms with Crippen molar-refractivity contribution in [2.45, 2.75) is 51.5 Å². The van der Waals surface area contributed by atoms with Crippen molar-refractivity contribution < 1.29 is 14.5 Å². The Hall–Kier alpha value is -2.87. The number of amides is 2. The molecule has 0 fully saturated rings. The van der Waals surface area contributed by atoms with Crippen LogP contribution in [-0.4, -0.2) is 28.5 Å². The van der Waals surface area contributed by atoms with Crippen molar-refractivity contribution in [2.24, 2.45) is 5.92 Å². The highest BCUT2D eigenvalue weighted by atomic mass is 32.2. The maximum Gasteiger partial charge on any atom is 0.283 e. The maximum absolute atomic E-state index is 12.6. The summed E-state index contributed by atoms with van der Waals surface area (Å²) < 4.78 is 0. The summed E-state index contributed by atoms with van der Waals surface area (Å²) in [5, 5.41) is 17.0. The van der Waals surface area contributed by atoms with Gasteiger partial charge in [0.15, 0.2) is 0 Å². The van der Waals surface area contributed by atoms with Crippen LogP contribution in [-0.2, 0) is 11.2 Å². The summed E-state index contributed by atoms with van der Waals surface area (Å²) in [5.41, 5.74) is 1.54. The average molecular weight is 444 g/mol. The molecular weight excluding hydrogens is 414 g/mol. The number of benzene rings is 2. The summed E-state index contributed by atoms with van der Waals surface area (Å²) in [6.45, 7) is 8.01. The smallest absolute Gasteiger partial charge is 0.283 e. The first kappa shape index (κ1) is 24.4. The molecule has 0 aliphatic heterocycles. The number of hydrogen-bond acceptors (Lipinski definition) is 5. The Morgan fingerprint density at radius 2 is 1.74 bits per heavy atom. The molecule has 0 saturated heterocycles. The van der Waals surface area contributed by atoms with E-state index in [9.17, 15) is 19.7 Å². The van der Waals surface area contributed by atoms with Crippen LogP contribution in [0.5, 0.6) is 0 Å². The fourth-order valence-electron chi connectivity index (χ4n) is 2.80. The fourth-order valence-corrected chi connectivity index (χ4v) is 4.05. The third-order valence-electron chi connectivity index (χ3n) is 4.40. The van der Waals surface area contributed by atoms with Crippen LogP contribution in [0, 0.1) is 16.0 Å². The highest BCUT2D eigenvalue weighted by molar-refractivity contribution is 7.99. The van der Waals surface area contributed by atoms with E-state index in [0.29, 0.717) is 16.5 Å². The standard InChI is InChI=1S/C23H29N3O4S/c1-15(2)11-12-31-21-10-7-18(14-20(21)26(29)30)23(28)25-19-8-5-17(6-9-19)13-22(27)24-16(3)4/h5-10,14-16H,11-13H2,1-4H3,(H,24,27)(H,25,28). The lowest BCUT2D eigenvalue weighted by molar-refractivity contribution is -0.387. The van der Waals surface area contributed by atoms with Crippen LogP contribution in [0.1, 0.15) is 50.0 Å². The van der Waals surface area contributed by atoms with Gasteiger partial charge in [-0.1, -0.05) is 26.0 Å². The zero-order valence-corrected chi connectivity index (χ0v) is 19.1. The summed E-state index contributed by atoms with van der Waals surface area (Å²) in [4.78, 5) is 36.0. The molecule has 8 heteroatoms. The monoisotopic (exact) mass is 443 g/mol. The van der Waals surface area contributed by atoms with E-state index in [1.807, 2.05) is 13.8 Å². The second-order valence-electron chi connectivity index (χ2n) is 8.02. The van der Waals surface area contributed by atoms with Gasteiger partial charge in [-0.2, -0.15) is 0 Å². The molecule has 31 heavy (non-hydrogen) atoms. The number of nitrogens with one attached hydrogen (secondary N) is 2. The second-order valence-corrected chi connectivity index (χ2v) is 9.16. The van der Waals surface area contributed by atoms with Crippen LogP contribution in [0.2, 0.25) is 0 Å². The van der Waals surface area contributed by atoms with Crippen LogP contribution in [0.25, 0.3) is 0 Å². The van der Waals surface area contributed by atoms with Crippen molar-refractivity contribution >= 4 is 35.0 Å². The predicted molar refractivity (Wildman–Crippen MR) is 125 cm³/mol. The molecule has 0 bridgehead atoms. The molecular formula is C23H29N3O4S. The van der Waals surface area contributed by atoms with Crippen molar-refractivity contribution in [3.63, 3.8) is 0 Å². The molecule has 0 heterocycles. The van der Waals surface area contributed by atoms with E-state index >= 15 is 0 Å². The highest BCUT2D eigenvalue weighted by Gasteiger charge is 2.18. The van der Waals surface area contributed by atoms with Crippen molar-refractivity contribution in [1.29, 1.82) is 0 Å². The van der Waals surface area contributed by atoms with Crippen LogP contribution >= 0.6 is 11.8 Å². The largest absolute Gasteiger partial charge is 0.354 e. The molecule has 2 rings (SSSR count). The van der Waals surface area contributed by atoms with E-state index in [2.05, 4.69) is 24.5 Å². The van der Waals surface area contributed by atoms with Crippen LogP contribution in [0.4, 0.5) is 11.4 Å². The van der Waals surface area contributed by atoms with Gasteiger partial charge in [-0.05, 0) is 61.8 Å². The lowest BCUT2D eigenvalue weighted by Gasteiger charge is -2.10. The number of carbonyl (C=O) groups excluding carboxylic acids is 2. The molecule has 0 atom stereocenters. The molecule has 0 spiro atoms. The summed E-state index contributed by atoms with van der Waals surface area (Å²) >= 11 is 1.43. The molecule has 0 saturated carbocycles. The summed E-state index contributed by atoms with van der Waals surface area (Å²) in [5.74, 6) is 0.816. The average Bonchev–Trinajstić information content (AvgIpc) is 2.68. The normalized spacial score (nSPS) is 10.9. The molecule has 0 radical (unpaired) electrons. The number of hydrogen-bond donors (Lipinski definition) is 2. The Kier molecular flexibility index (Phi) is 9.05. The number of carbonyl (C=O) groups is 2. The van der Waals surface area contributed by atoms with E-state index in [-0.39, 0.29) is 29.6 Å². The Morgan fingerprint density at radius 3 is 2.32 bits per heavy atom. The first-order valence-electron chi connectivity index (χ1n) is 10.3. The summed E-state index contributed by atoms with van der Waals surface area (Å²) in [7, 11) is 0. The molecule has 0 aliphatic carbocycles. The molecule has 0 unspecified atom stereocenters. The molecule has 2 aromatic carbocycles. The molecule has 2 N–H and O–H groups in total. The summed E-state index contributed by atoms with van der Waals surface area (Å²) in [6, 6.07) is 11.6. The van der Waals surface area contributed by atoms with E-state index in [1.54, 1.807) is 36.4 Å². The van der Waals surface area contributed by atoms with Gasteiger partial charge < -0.3 is 10.6 Å². The molecule has 2 aromatic rings. The van der Waals surface area contributed by atoms with Gasteiger partial charge in [0.05, 0.1) is 16.2 Å². The lowest BCUT2D eigenvalue weighted by atomic mass is 10.1. The first-order valence-corrected chi connectivity index (χ1v) is 11.2. The van der Waals surface area contributed by atoms with Gasteiger partial charge in [0.2, 0.25) is 5.91 Å². The van der Waals surface area contributed by atoms with Crippen molar-refractivity contribution in [3.05, 3.63) is 63.7 Å². The van der Waals surface area contributed by atoms with Crippen molar-refractivity contribution in [1.82, 2.24) is 5.32 Å². The lowest BCUT2D eigenvalue weighted by Crippen LogP contribution is -2.31. The molecule has 2 amide bonds. The minimum Gasteiger partial charge on any atom is -0.354 e. The fraction of sp³-hybridized carbons (Fsp3) is 0.391. The van der Waals surface area contributed by atoms with Gasteiger partial charge in [0.1, 0.15) is 0 Å². The Morgan fingerprint density at radius 1 is 1.06 bits per heavy atom. The van der Waals surface area contributed by atoms with Crippen LogP contribution in [0.15, 0.2) is 47.4 Å². The van der Waals surface area contributed by atoms with E-state index in [0.717, 1.165) is 17.7 Å². The zero-order chi connectivity index (χ0) is 23.0. The third kappa shape index (κ3) is 8.05. The number of thioether (sulfide) groups is 1. The minimum atomic E-state index is -0.453. The zero-order valence-electron chi connectivity index (χ0n) is 18.3. The minimum absolute atomic E-state index is 0.0621. The SMILES string of the molecule is CC(C)CCSc1ccc(C(=O)Nc2ccc(CC(=O)NC(C)C)cc2)cc1[N+](=O)[O-]. The molecule has 0 aromatic heterocycles. The first-order chi connectivity index (χ1) is 14.7.